The van der Waals surface area contributed by atoms with Crippen LogP contribution < -0.4 is 10.6 Å². The number of hydrogen-bond donors (Lipinski definition) is 3. The van der Waals surface area contributed by atoms with Crippen molar-refractivity contribution in [3.05, 3.63) is 42.1 Å². The minimum atomic E-state index is -0.457. The molecule has 0 spiro atoms. The van der Waals surface area contributed by atoms with Gasteiger partial charge in [0.2, 0.25) is 0 Å². The normalized spacial score (nSPS) is 17.8. The number of carbonyl (C=O) groups excluding carboxylic acids is 1. The minimum absolute atomic E-state index is 0.00891. The number of anilines is 1. The van der Waals surface area contributed by atoms with Crippen LogP contribution in [0.15, 0.2) is 30.7 Å². The van der Waals surface area contributed by atoms with E-state index in [1.54, 1.807) is 24.7 Å². The summed E-state index contributed by atoms with van der Waals surface area (Å²) in [5, 5.41) is 20.3. The molecule has 1 amide bonds. The number of pyridine rings is 1. The zero-order valence-electron chi connectivity index (χ0n) is 19.0. The van der Waals surface area contributed by atoms with E-state index in [9.17, 15) is 14.3 Å². The fourth-order valence-corrected chi connectivity index (χ4v) is 4.36. The molecule has 0 saturated heterocycles. The number of aryl methyl sites for hydroxylation is 1. The maximum absolute atomic E-state index is 14.1. The Morgan fingerprint density at radius 3 is 2.85 bits per heavy atom. The van der Waals surface area contributed by atoms with Crippen molar-refractivity contribution in [3.63, 3.8) is 0 Å². The van der Waals surface area contributed by atoms with E-state index in [0.29, 0.717) is 52.3 Å². The second-order valence-electron chi connectivity index (χ2n) is 8.34. The summed E-state index contributed by atoms with van der Waals surface area (Å²) in [4.78, 5) is 22.1. The van der Waals surface area contributed by atoms with E-state index in [0.717, 1.165) is 12.8 Å². The number of aliphatic hydroxyl groups excluding tert-OH is 1. The average molecular weight is 468 g/mol. The number of hydrogen-bond acceptors (Lipinski definition) is 7. The van der Waals surface area contributed by atoms with E-state index in [1.165, 1.54) is 18.5 Å². The van der Waals surface area contributed by atoms with Crippen molar-refractivity contribution in [1.29, 1.82) is 0 Å². The van der Waals surface area contributed by atoms with Gasteiger partial charge in [0.1, 0.15) is 22.8 Å². The van der Waals surface area contributed by atoms with Crippen molar-refractivity contribution in [2.75, 3.05) is 26.1 Å². The number of aliphatic hydroxyl groups is 1. The Labute approximate surface area is 194 Å². The van der Waals surface area contributed by atoms with E-state index in [4.69, 9.17) is 9.72 Å². The van der Waals surface area contributed by atoms with Gasteiger partial charge in [0.25, 0.3) is 5.91 Å². The molecule has 0 aliphatic heterocycles. The standard InChI is InChI=1S/C23H26FN7O3/c1-25-20-9-18(16-12-30(6-3-7-32)21-14(16)8-13(24)10-26-21)28-22-15(11-27-31(20)22)23(33)29-17-4-5-19(17)34-2/h8-12,17,19,25,32H,3-7H2,1-2H3,(H,29,33). The number of amides is 1. The number of methoxy groups -OCH3 is 1. The SMILES string of the molecule is CNc1cc(-c2cn(CCCO)c3ncc(F)cc23)nc2c(C(=O)NC3CCC3OC)cnn12. The lowest BCUT2D eigenvalue weighted by atomic mass is 9.89. The van der Waals surface area contributed by atoms with Gasteiger partial charge in [0, 0.05) is 50.5 Å². The molecule has 1 aliphatic carbocycles. The molecule has 5 rings (SSSR count). The zero-order chi connectivity index (χ0) is 23.8. The third-order valence-corrected chi connectivity index (χ3v) is 6.32. The maximum atomic E-state index is 14.1. The molecule has 0 aromatic carbocycles. The number of fused-ring (bicyclic) bond motifs is 2. The molecule has 4 heterocycles. The molecule has 0 bridgehead atoms. The van der Waals surface area contributed by atoms with Crippen LogP contribution in [0.2, 0.25) is 0 Å². The van der Waals surface area contributed by atoms with Gasteiger partial charge in [-0.2, -0.15) is 9.61 Å². The van der Waals surface area contributed by atoms with Gasteiger partial charge in [-0.3, -0.25) is 4.79 Å². The fourth-order valence-electron chi connectivity index (χ4n) is 4.36. The molecule has 4 aromatic rings. The Hall–Kier alpha value is -3.57. The topological polar surface area (TPSA) is 119 Å². The van der Waals surface area contributed by atoms with Crippen LogP contribution in [-0.4, -0.2) is 68.1 Å². The van der Waals surface area contributed by atoms with E-state index >= 15 is 0 Å². The molecule has 11 heteroatoms. The number of aromatic nitrogens is 5. The summed E-state index contributed by atoms with van der Waals surface area (Å²) in [6.07, 6.45) is 6.82. The molecule has 2 atom stereocenters. The summed E-state index contributed by atoms with van der Waals surface area (Å²) < 4.78 is 22.9. The van der Waals surface area contributed by atoms with E-state index in [1.807, 2.05) is 10.8 Å². The van der Waals surface area contributed by atoms with Crippen molar-refractivity contribution < 1.29 is 19.0 Å². The summed E-state index contributed by atoms with van der Waals surface area (Å²) >= 11 is 0. The zero-order valence-corrected chi connectivity index (χ0v) is 19.0. The van der Waals surface area contributed by atoms with Gasteiger partial charge in [0.05, 0.1) is 30.2 Å². The van der Waals surface area contributed by atoms with Crippen molar-refractivity contribution in [3.8, 4) is 11.3 Å². The first-order valence-corrected chi connectivity index (χ1v) is 11.2. The fraction of sp³-hybridized carbons (Fsp3) is 0.391. The third-order valence-electron chi connectivity index (χ3n) is 6.32. The van der Waals surface area contributed by atoms with Crippen LogP contribution in [0.1, 0.15) is 29.6 Å². The lowest BCUT2D eigenvalue weighted by Crippen LogP contribution is -2.51. The quantitative estimate of drug-likeness (QED) is 0.364. The van der Waals surface area contributed by atoms with Crippen molar-refractivity contribution in [1.82, 2.24) is 29.5 Å². The number of nitrogens with one attached hydrogen (secondary N) is 2. The first-order chi connectivity index (χ1) is 16.5. The molecule has 1 saturated carbocycles. The predicted molar refractivity (Wildman–Crippen MR) is 124 cm³/mol. The first kappa shape index (κ1) is 22.2. The molecule has 3 N–H and O–H groups in total. The molecule has 0 radical (unpaired) electrons. The first-order valence-electron chi connectivity index (χ1n) is 11.2. The maximum Gasteiger partial charge on any atom is 0.257 e. The third kappa shape index (κ3) is 3.76. The Balaban J connectivity index is 1.61. The number of halogens is 1. The van der Waals surface area contributed by atoms with Crippen LogP contribution in [0.3, 0.4) is 0 Å². The van der Waals surface area contributed by atoms with Gasteiger partial charge in [-0.1, -0.05) is 0 Å². The molecule has 1 aliphatic rings. The van der Waals surface area contributed by atoms with Gasteiger partial charge in [-0.15, -0.1) is 0 Å². The molecule has 4 aromatic heterocycles. The smallest absolute Gasteiger partial charge is 0.257 e. The van der Waals surface area contributed by atoms with E-state index in [2.05, 4.69) is 20.7 Å². The van der Waals surface area contributed by atoms with Crippen molar-refractivity contribution >= 4 is 28.4 Å². The van der Waals surface area contributed by atoms with Crippen LogP contribution in [0.5, 0.6) is 0 Å². The predicted octanol–water partition coefficient (Wildman–Crippen LogP) is 2.22. The number of carbonyl (C=O) groups is 1. The van der Waals surface area contributed by atoms with Crippen LogP contribution in [0.4, 0.5) is 10.2 Å². The molecule has 10 nitrogen and oxygen atoms in total. The van der Waals surface area contributed by atoms with Crippen LogP contribution in [0.25, 0.3) is 27.9 Å². The molecule has 178 valence electrons. The van der Waals surface area contributed by atoms with Gasteiger partial charge in [0.15, 0.2) is 5.65 Å². The molecule has 34 heavy (non-hydrogen) atoms. The van der Waals surface area contributed by atoms with Crippen molar-refractivity contribution in [2.45, 2.75) is 38.0 Å². The minimum Gasteiger partial charge on any atom is -0.396 e. The average Bonchev–Trinajstić information content (AvgIpc) is 3.41. The highest BCUT2D eigenvalue weighted by Crippen LogP contribution is 2.32. The van der Waals surface area contributed by atoms with Gasteiger partial charge < -0.3 is 25.0 Å². The summed E-state index contributed by atoms with van der Waals surface area (Å²) in [5.74, 6) is -0.106. The van der Waals surface area contributed by atoms with Crippen molar-refractivity contribution in [2.24, 2.45) is 0 Å². The molecular weight excluding hydrogens is 441 g/mol. The van der Waals surface area contributed by atoms with Gasteiger partial charge >= 0.3 is 0 Å². The van der Waals surface area contributed by atoms with E-state index in [-0.39, 0.29) is 24.7 Å². The second-order valence-corrected chi connectivity index (χ2v) is 8.34. The molecule has 1 fully saturated rings. The highest BCUT2D eigenvalue weighted by Gasteiger charge is 2.33. The number of rotatable bonds is 8. The summed E-state index contributed by atoms with van der Waals surface area (Å²) in [6.45, 7) is 0.554. The van der Waals surface area contributed by atoms with Crippen LogP contribution in [0, 0.1) is 5.82 Å². The van der Waals surface area contributed by atoms with Gasteiger partial charge in [-0.05, 0) is 25.3 Å². The lowest BCUT2D eigenvalue weighted by molar-refractivity contribution is 0.00732. The molecule has 2 unspecified atom stereocenters. The van der Waals surface area contributed by atoms with E-state index < -0.39 is 5.82 Å². The summed E-state index contributed by atoms with van der Waals surface area (Å²) in [6, 6.07) is 3.17. The Bertz CT molecular complexity index is 1360. The number of ether oxygens (including phenoxy) is 1. The lowest BCUT2D eigenvalue weighted by Gasteiger charge is -2.35. The Kier molecular flexibility index (Phi) is 5.88. The number of nitrogens with zero attached hydrogens (tertiary/aromatic N) is 5. The monoisotopic (exact) mass is 467 g/mol. The van der Waals surface area contributed by atoms with Crippen LogP contribution >= 0.6 is 0 Å². The highest BCUT2D eigenvalue weighted by atomic mass is 19.1. The summed E-state index contributed by atoms with van der Waals surface area (Å²) in [5.41, 5.74) is 2.54. The van der Waals surface area contributed by atoms with Crippen LogP contribution in [-0.2, 0) is 11.3 Å². The second kappa shape index (κ2) is 8.99. The largest absolute Gasteiger partial charge is 0.396 e. The summed E-state index contributed by atoms with van der Waals surface area (Å²) in [7, 11) is 3.39. The highest BCUT2D eigenvalue weighted by molar-refractivity contribution is 6.01. The Morgan fingerprint density at radius 2 is 2.15 bits per heavy atom. The van der Waals surface area contributed by atoms with Gasteiger partial charge in [-0.25, -0.2) is 14.4 Å². The molecular formula is C23H26FN7O3. The Morgan fingerprint density at radius 1 is 1.29 bits per heavy atom.